The van der Waals surface area contributed by atoms with Crippen molar-refractivity contribution in [2.45, 2.75) is 44.2 Å². The minimum atomic E-state index is -1.00. The molecular formula is C23H29BrFN5OS. The highest BCUT2D eigenvalue weighted by Gasteiger charge is 2.36. The molecule has 172 valence electrons. The van der Waals surface area contributed by atoms with Crippen molar-refractivity contribution in [1.29, 1.82) is 0 Å². The van der Waals surface area contributed by atoms with E-state index in [1.165, 1.54) is 19.2 Å². The molecule has 3 atom stereocenters. The topological polar surface area (TPSA) is 61.4 Å². The van der Waals surface area contributed by atoms with Crippen LogP contribution >= 0.6 is 27.3 Å². The van der Waals surface area contributed by atoms with E-state index >= 15 is 0 Å². The van der Waals surface area contributed by atoms with Crippen molar-refractivity contribution < 1.29 is 9.18 Å². The van der Waals surface area contributed by atoms with E-state index in [0.717, 1.165) is 32.5 Å². The maximum absolute atomic E-state index is 14.3. The molecule has 2 fully saturated rings. The second-order valence-corrected chi connectivity index (χ2v) is 11.7. The van der Waals surface area contributed by atoms with Gasteiger partial charge in [0.2, 0.25) is 5.91 Å². The van der Waals surface area contributed by atoms with E-state index in [2.05, 4.69) is 42.2 Å². The molecule has 2 aromatic rings. The molecule has 0 bridgehead atoms. The molecule has 3 aliphatic rings. The van der Waals surface area contributed by atoms with Crippen molar-refractivity contribution in [1.82, 2.24) is 20.2 Å². The molecule has 0 radical (unpaired) electrons. The Hall–Kier alpha value is -1.58. The molecule has 6 nitrogen and oxygen atoms in total. The van der Waals surface area contributed by atoms with E-state index in [0.29, 0.717) is 44.8 Å². The first-order valence-corrected chi connectivity index (χ1v) is 13.1. The number of hydrogen-bond acceptors (Lipinski definition) is 6. The van der Waals surface area contributed by atoms with Crippen LogP contribution in [0.2, 0.25) is 0 Å². The summed E-state index contributed by atoms with van der Waals surface area (Å²) in [7, 11) is 0. The highest BCUT2D eigenvalue weighted by atomic mass is 79.9. The lowest BCUT2D eigenvalue weighted by Crippen LogP contribution is -2.51. The van der Waals surface area contributed by atoms with Gasteiger partial charge in [-0.15, -0.1) is 11.3 Å². The standard InChI is InChI=1S/C23H29BrFN5OS/c1-14-10-17(25)21-20(14)22(28-13-27-21)29-6-8-30(9-7-29)23(31)16(12-26-11-15-2-3-15)18-4-5-19(24)32-18/h4-5,13-17,26H,2-3,6-12H2,1H3/t14-,16-,17+/m1/s1. The van der Waals surface area contributed by atoms with E-state index in [1.807, 2.05) is 17.9 Å². The zero-order valence-electron chi connectivity index (χ0n) is 18.3. The van der Waals surface area contributed by atoms with Crippen LogP contribution in [0, 0.1) is 5.92 Å². The van der Waals surface area contributed by atoms with Gasteiger partial charge in [-0.3, -0.25) is 4.79 Å². The lowest BCUT2D eigenvalue weighted by Gasteiger charge is -2.37. The van der Waals surface area contributed by atoms with Crippen LogP contribution in [0.1, 0.15) is 60.3 Å². The number of rotatable bonds is 7. The molecule has 2 aromatic heterocycles. The highest BCUT2D eigenvalue weighted by molar-refractivity contribution is 9.11. The van der Waals surface area contributed by atoms with Gasteiger partial charge in [-0.1, -0.05) is 6.92 Å². The van der Waals surface area contributed by atoms with Crippen LogP contribution in [0.4, 0.5) is 10.2 Å². The molecule has 9 heteroatoms. The van der Waals surface area contributed by atoms with Gasteiger partial charge in [0.05, 0.1) is 15.4 Å². The van der Waals surface area contributed by atoms with E-state index in [9.17, 15) is 9.18 Å². The number of carbonyl (C=O) groups excluding carboxylic acids is 1. The maximum atomic E-state index is 14.3. The van der Waals surface area contributed by atoms with Crippen LogP contribution in [0.25, 0.3) is 0 Å². The molecule has 1 saturated carbocycles. The summed E-state index contributed by atoms with van der Waals surface area (Å²) in [6.07, 6.45) is 3.55. The molecule has 5 rings (SSSR count). The number of anilines is 1. The highest BCUT2D eigenvalue weighted by Crippen LogP contribution is 2.44. The van der Waals surface area contributed by atoms with Gasteiger partial charge in [0.25, 0.3) is 0 Å². The Balaban J connectivity index is 1.26. The van der Waals surface area contributed by atoms with Crippen LogP contribution in [-0.4, -0.2) is 60.0 Å². The second-order valence-electron chi connectivity index (χ2n) is 9.21. The maximum Gasteiger partial charge on any atom is 0.232 e. The summed E-state index contributed by atoms with van der Waals surface area (Å²) in [5, 5.41) is 3.53. The second kappa shape index (κ2) is 9.35. The molecule has 1 aliphatic heterocycles. The van der Waals surface area contributed by atoms with Crippen molar-refractivity contribution in [3.05, 3.63) is 38.4 Å². The molecule has 1 amide bonds. The number of carbonyl (C=O) groups is 1. The quantitative estimate of drug-likeness (QED) is 0.590. The molecular weight excluding hydrogens is 493 g/mol. The smallest absolute Gasteiger partial charge is 0.232 e. The number of halogens is 2. The van der Waals surface area contributed by atoms with Crippen LogP contribution < -0.4 is 10.2 Å². The molecule has 0 unspecified atom stereocenters. The molecule has 0 aromatic carbocycles. The van der Waals surface area contributed by atoms with Gasteiger partial charge < -0.3 is 15.1 Å². The Morgan fingerprint density at radius 2 is 2.06 bits per heavy atom. The zero-order chi connectivity index (χ0) is 22.2. The average molecular weight is 522 g/mol. The first-order valence-electron chi connectivity index (χ1n) is 11.5. The van der Waals surface area contributed by atoms with Gasteiger partial charge in [-0.2, -0.15) is 0 Å². The van der Waals surface area contributed by atoms with E-state index in [-0.39, 0.29) is 17.7 Å². The number of hydrogen-bond donors (Lipinski definition) is 1. The number of aromatic nitrogens is 2. The minimum Gasteiger partial charge on any atom is -0.353 e. The fourth-order valence-electron chi connectivity index (χ4n) is 4.85. The monoisotopic (exact) mass is 521 g/mol. The van der Waals surface area contributed by atoms with Gasteiger partial charge in [0.15, 0.2) is 0 Å². The fraction of sp³-hybridized carbons (Fsp3) is 0.609. The van der Waals surface area contributed by atoms with Crippen molar-refractivity contribution in [3.63, 3.8) is 0 Å². The predicted octanol–water partition coefficient (Wildman–Crippen LogP) is 4.25. The van der Waals surface area contributed by atoms with Gasteiger partial charge in [0.1, 0.15) is 18.3 Å². The van der Waals surface area contributed by atoms with Crippen molar-refractivity contribution >= 4 is 39.0 Å². The van der Waals surface area contributed by atoms with Crippen molar-refractivity contribution in [2.75, 3.05) is 44.2 Å². The van der Waals surface area contributed by atoms with Crippen molar-refractivity contribution in [3.8, 4) is 0 Å². The Morgan fingerprint density at radius 1 is 1.28 bits per heavy atom. The summed E-state index contributed by atoms with van der Waals surface area (Å²) in [5.41, 5.74) is 1.50. The van der Waals surface area contributed by atoms with Crippen LogP contribution in [-0.2, 0) is 4.79 Å². The third kappa shape index (κ3) is 4.56. The number of alkyl halides is 1. The Kier molecular flexibility index (Phi) is 6.49. The Morgan fingerprint density at radius 3 is 2.75 bits per heavy atom. The molecule has 1 saturated heterocycles. The number of amides is 1. The van der Waals surface area contributed by atoms with E-state index in [1.54, 1.807) is 11.3 Å². The summed E-state index contributed by atoms with van der Waals surface area (Å²) < 4.78 is 15.4. The van der Waals surface area contributed by atoms with Gasteiger partial charge >= 0.3 is 0 Å². The van der Waals surface area contributed by atoms with Crippen molar-refractivity contribution in [2.24, 2.45) is 5.92 Å². The average Bonchev–Trinajstić information content (AvgIpc) is 3.46. The molecule has 3 heterocycles. The number of nitrogens with zero attached hydrogens (tertiary/aromatic N) is 4. The lowest BCUT2D eigenvalue weighted by atomic mass is 10.0. The van der Waals surface area contributed by atoms with Gasteiger partial charge in [-0.25, -0.2) is 14.4 Å². The molecule has 32 heavy (non-hydrogen) atoms. The van der Waals surface area contributed by atoms with E-state index in [4.69, 9.17) is 0 Å². The number of nitrogens with one attached hydrogen (secondary N) is 1. The summed E-state index contributed by atoms with van der Waals surface area (Å²) in [5.74, 6) is 1.78. The number of piperazine rings is 1. The SMILES string of the molecule is C[C@@H]1C[C@H](F)c2ncnc(N3CCN(C(=O)[C@H](CNCC4CC4)c4ccc(Br)s4)CC3)c21. The number of fused-ring (bicyclic) bond motifs is 1. The molecule has 2 aliphatic carbocycles. The normalized spacial score (nSPS) is 24.0. The fourth-order valence-corrected chi connectivity index (χ4v) is 6.37. The third-order valence-corrected chi connectivity index (χ3v) is 8.59. The summed E-state index contributed by atoms with van der Waals surface area (Å²) in [6, 6.07) is 4.08. The first kappa shape index (κ1) is 22.2. The van der Waals surface area contributed by atoms with E-state index < -0.39 is 6.17 Å². The third-order valence-electron chi connectivity index (χ3n) is 6.85. The largest absolute Gasteiger partial charge is 0.353 e. The van der Waals surface area contributed by atoms with Crippen LogP contribution in [0.15, 0.2) is 22.2 Å². The summed E-state index contributed by atoms with van der Waals surface area (Å²) in [6.45, 7) is 6.43. The summed E-state index contributed by atoms with van der Waals surface area (Å²) >= 11 is 5.18. The first-order chi connectivity index (χ1) is 15.5. The predicted molar refractivity (Wildman–Crippen MR) is 128 cm³/mol. The van der Waals surface area contributed by atoms with Crippen LogP contribution in [0.5, 0.6) is 0 Å². The van der Waals surface area contributed by atoms with Crippen LogP contribution in [0.3, 0.4) is 0 Å². The number of thiophene rings is 1. The van der Waals surface area contributed by atoms with Gasteiger partial charge in [-0.05, 0) is 65.7 Å². The van der Waals surface area contributed by atoms with Gasteiger partial charge in [0, 0.05) is 43.2 Å². The Bertz CT molecular complexity index is 975. The Labute approximate surface area is 200 Å². The minimum absolute atomic E-state index is 0.120. The lowest BCUT2D eigenvalue weighted by molar-refractivity contribution is -0.133. The summed E-state index contributed by atoms with van der Waals surface area (Å²) in [4.78, 5) is 27.5. The molecule has 0 spiro atoms. The zero-order valence-corrected chi connectivity index (χ0v) is 20.7. The molecule has 1 N–H and O–H groups in total.